The number of hydrogen-bond acceptors (Lipinski definition) is 3. The maximum absolute atomic E-state index is 4.36. The summed E-state index contributed by atoms with van der Waals surface area (Å²) in [6.07, 6.45) is 9.01. The minimum absolute atomic E-state index is 0.865. The third kappa shape index (κ3) is 3.62. The van der Waals surface area contributed by atoms with Crippen LogP contribution in [-0.4, -0.2) is 24.6 Å². The first-order valence-electron chi connectivity index (χ1n) is 7.23. The molecule has 0 aromatic carbocycles. The zero-order valence-electron chi connectivity index (χ0n) is 11.7. The molecule has 1 fully saturated rings. The van der Waals surface area contributed by atoms with Gasteiger partial charge in [-0.2, -0.15) is 0 Å². The summed E-state index contributed by atoms with van der Waals surface area (Å²) >= 11 is 0. The maximum atomic E-state index is 4.36. The Kier molecular flexibility index (Phi) is 4.85. The summed E-state index contributed by atoms with van der Waals surface area (Å²) in [5.74, 6) is 0.865. The molecule has 3 nitrogen and oxygen atoms in total. The van der Waals surface area contributed by atoms with Crippen LogP contribution >= 0.6 is 0 Å². The van der Waals surface area contributed by atoms with Crippen molar-refractivity contribution in [1.29, 1.82) is 0 Å². The first-order chi connectivity index (χ1) is 8.79. The second kappa shape index (κ2) is 6.62. The lowest BCUT2D eigenvalue weighted by atomic mass is 10.0. The van der Waals surface area contributed by atoms with Crippen LogP contribution in [0.4, 0.5) is 11.4 Å². The quantitative estimate of drug-likeness (QED) is 0.882. The molecule has 2 heterocycles. The van der Waals surface area contributed by atoms with E-state index in [0.717, 1.165) is 24.6 Å². The van der Waals surface area contributed by atoms with Crippen molar-refractivity contribution in [3.8, 4) is 0 Å². The average molecular weight is 247 g/mol. The van der Waals surface area contributed by atoms with Gasteiger partial charge in [0.2, 0.25) is 0 Å². The highest BCUT2D eigenvalue weighted by Crippen LogP contribution is 2.23. The van der Waals surface area contributed by atoms with E-state index in [0.29, 0.717) is 0 Å². The van der Waals surface area contributed by atoms with E-state index < -0.39 is 0 Å². The predicted octanol–water partition coefficient (Wildman–Crippen LogP) is 3.53. The van der Waals surface area contributed by atoms with E-state index in [1.54, 1.807) is 0 Å². The molecule has 1 saturated heterocycles. The molecule has 1 unspecified atom stereocenters. The Hall–Kier alpha value is -1.25. The standard InChI is InChI=1S/C15H25N3/c1-3-7-17-14-10-15(12-16-11-14)18-8-4-5-13(2)6-9-18/h10-13,17H,3-9H2,1-2H3. The van der Waals surface area contributed by atoms with E-state index in [1.165, 1.54) is 38.0 Å². The van der Waals surface area contributed by atoms with E-state index in [4.69, 9.17) is 0 Å². The number of nitrogens with one attached hydrogen (secondary N) is 1. The fraction of sp³-hybridized carbons (Fsp3) is 0.667. The highest BCUT2D eigenvalue weighted by atomic mass is 15.1. The zero-order chi connectivity index (χ0) is 12.8. The Balaban J connectivity index is 2.02. The smallest absolute Gasteiger partial charge is 0.0573 e. The number of hydrogen-bond donors (Lipinski definition) is 1. The van der Waals surface area contributed by atoms with Crippen LogP contribution in [0.2, 0.25) is 0 Å². The summed E-state index contributed by atoms with van der Waals surface area (Å²) in [7, 11) is 0. The van der Waals surface area contributed by atoms with E-state index in [9.17, 15) is 0 Å². The van der Waals surface area contributed by atoms with E-state index in [1.807, 2.05) is 12.4 Å². The van der Waals surface area contributed by atoms with E-state index >= 15 is 0 Å². The van der Waals surface area contributed by atoms with Gasteiger partial charge in [0, 0.05) is 19.6 Å². The van der Waals surface area contributed by atoms with Gasteiger partial charge >= 0.3 is 0 Å². The van der Waals surface area contributed by atoms with Gasteiger partial charge in [0.25, 0.3) is 0 Å². The Morgan fingerprint density at radius 3 is 3.06 bits per heavy atom. The molecule has 1 aliphatic heterocycles. The van der Waals surface area contributed by atoms with E-state index in [2.05, 4.69) is 35.1 Å². The van der Waals surface area contributed by atoms with Gasteiger partial charge in [0.1, 0.15) is 0 Å². The minimum atomic E-state index is 0.865. The Bertz CT molecular complexity index is 365. The van der Waals surface area contributed by atoms with Crippen molar-refractivity contribution < 1.29 is 0 Å². The second-order valence-electron chi connectivity index (χ2n) is 5.38. The number of anilines is 2. The Morgan fingerprint density at radius 1 is 1.33 bits per heavy atom. The lowest BCUT2D eigenvalue weighted by molar-refractivity contribution is 0.521. The average Bonchev–Trinajstić information content (AvgIpc) is 2.61. The summed E-state index contributed by atoms with van der Waals surface area (Å²) in [5.41, 5.74) is 2.41. The Labute approximate surface area is 111 Å². The first-order valence-corrected chi connectivity index (χ1v) is 7.23. The third-order valence-corrected chi connectivity index (χ3v) is 3.68. The van der Waals surface area contributed by atoms with Crippen molar-refractivity contribution in [2.75, 3.05) is 29.9 Å². The van der Waals surface area contributed by atoms with Gasteiger partial charge in [0.05, 0.1) is 23.8 Å². The summed E-state index contributed by atoms with van der Waals surface area (Å²) in [5, 5.41) is 3.41. The van der Waals surface area contributed by atoms with Gasteiger partial charge in [0.15, 0.2) is 0 Å². The molecular weight excluding hydrogens is 222 g/mol. The minimum Gasteiger partial charge on any atom is -0.384 e. The number of rotatable bonds is 4. The normalized spacial score (nSPS) is 20.6. The number of nitrogens with zero attached hydrogens (tertiary/aromatic N) is 2. The van der Waals surface area contributed by atoms with E-state index in [-0.39, 0.29) is 0 Å². The molecule has 0 radical (unpaired) electrons. The maximum Gasteiger partial charge on any atom is 0.0573 e. The summed E-state index contributed by atoms with van der Waals surface area (Å²) in [4.78, 5) is 6.84. The molecule has 2 rings (SSSR count). The van der Waals surface area contributed by atoms with Crippen LogP contribution in [0.5, 0.6) is 0 Å². The highest BCUT2D eigenvalue weighted by molar-refractivity contribution is 5.55. The van der Waals surface area contributed by atoms with Crippen molar-refractivity contribution in [2.24, 2.45) is 5.92 Å². The van der Waals surface area contributed by atoms with Gasteiger partial charge < -0.3 is 10.2 Å². The molecule has 0 saturated carbocycles. The van der Waals surface area contributed by atoms with Crippen LogP contribution in [0.3, 0.4) is 0 Å². The van der Waals surface area contributed by atoms with Crippen molar-refractivity contribution in [1.82, 2.24) is 4.98 Å². The van der Waals surface area contributed by atoms with Crippen molar-refractivity contribution in [2.45, 2.75) is 39.5 Å². The highest BCUT2D eigenvalue weighted by Gasteiger charge is 2.14. The second-order valence-corrected chi connectivity index (χ2v) is 5.38. The molecule has 0 bridgehead atoms. The van der Waals surface area contributed by atoms with Crippen LogP contribution in [0.25, 0.3) is 0 Å². The molecule has 3 heteroatoms. The largest absolute Gasteiger partial charge is 0.384 e. The third-order valence-electron chi connectivity index (χ3n) is 3.68. The lowest BCUT2D eigenvalue weighted by Crippen LogP contribution is -2.24. The number of aromatic nitrogens is 1. The van der Waals surface area contributed by atoms with Gasteiger partial charge in [-0.25, -0.2) is 0 Å². The summed E-state index contributed by atoms with van der Waals surface area (Å²) in [6, 6.07) is 2.23. The van der Waals surface area contributed by atoms with Gasteiger partial charge in [-0.15, -0.1) is 0 Å². The van der Waals surface area contributed by atoms with Crippen molar-refractivity contribution >= 4 is 11.4 Å². The molecule has 18 heavy (non-hydrogen) atoms. The topological polar surface area (TPSA) is 28.2 Å². The lowest BCUT2D eigenvalue weighted by Gasteiger charge is -2.23. The molecule has 1 aliphatic rings. The molecule has 0 spiro atoms. The van der Waals surface area contributed by atoms with Crippen LogP contribution in [0.15, 0.2) is 18.5 Å². The fourth-order valence-corrected chi connectivity index (χ4v) is 2.49. The molecular formula is C15H25N3. The monoisotopic (exact) mass is 247 g/mol. The molecule has 1 aromatic heterocycles. The zero-order valence-corrected chi connectivity index (χ0v) is 11.7. The SMILES string of the molecule is CCCNc1cncc(N2CCCC(C)CC2)c1. The molecule has 0 amide bonds. The van der Waals surface area contributed by atoms with Crippen molar-refractivity contribution in [3.63, 3.8) is 0 Å². The molecule has 1 N–H and O–H groups in total. The number of pyridine rings is 1. The molecule has 0 aliphatic carbocycles. The van der Waals surface area contributed by atoms with Crippen LogP contribution in [0, 0.1) is 5.92 Å². The first kappa shape index (κ1) is 13.2. The van der Waals surface area contributed by atoms with Crippen LogP contribution in [0.1, 0.15) is 39.5 Å². The van der Waals surface area contributed by atoms with Gasteiger partial charge in [-0.3, -0.25) is 4.98 Å². The van der Waals surface area contributed by atoms with Gasteiger partial charge in [-0.1, -0.05) is 13.8 Å². The predicted molar refractivity (Wildman–Crippen MR) is 78.2 cm³/mol. The molecule has 1 aromatic rings. The van der Waals surface area contributed by atoms with Crippen molar-refractivity contribution in [3.05, 3.63) is 18.5 Å². The molecule has 1 atom stereocenters. The summed E-state index contributed by atoms with van der Waals surface area (Å²) in [6.45, 7) is 7.90. The Morgan fingerprint density at radius 2 is 2.22 bits per heavy atom. The van der Waals surface area contributed by atoms with Crippen LogP contribution < -0.4 is 10.2 Å². The fourth-order valence-electron chi connectivity index (χ4n) is 2.49. The van der Waals surface area contributed by atoms with Crippen LogP contribution in [-0.2, 0) is 0 Å². The molecule has 100 valence electrons. The van der Waals surface area contributed by atoms with Gasteiger partial charge in [-0.05, 0) is 37.7 Å². The summed E-state index contributed by atoms with van der Waals surface area (Å²) < 4.78 is 0.